The molecule has 3 aromatic rings. The van der Waals surface area contributed by atoms with Crippen LogP contribution in [-0.4, -0.2) is 28.7 Å². The Morgan fingerprint density at radius 3 is 2.73 bits per heavy atom. The van der Waals surface area contributed by atoms with Crippen molar-refractivity contribution in [2.45, 2.75) is 29.1 Å². The molecule has 1 atom stereocenters. The fourth-order valence-electron chi connectivity index (χ4n) is 3.17. The van der Waals surface area contributed by atoms with Crippen LogP contribution in [0.15, 0.2) is 46.8 Å². The number of para-hydroxylation sites is 1. The van der Waals surface area contributed by atoms with E-state index in [0.717, 1.165) is 34.1 Å². The van der Waals surface area contributed by atoms with Crippen molar-refractivity contribution in [3.63, 3.8) is 0 Å². The van der Waals surface area contributed by atoms with Crippen LogP contribution < -0.4 is 9.64 Å². The third-order valence-electron chi connectivity index (χ3n) is 4.45. The summed E-state index contributed by atoms with van der Waals surface area (Å²) < 4.78 is 46.9. The lowest BCUT2D eigenvalue weighted by Gasteiger charge is -2.19. The SMILES string of the molecule is CCOc1ccc2nc(S[C@@H]3CC(=O)N(c4ccccc4C(F)(F)F)C3=O)sc2c1. The fraction of sp³-hybridized carbons (Fsp3) is 0.250. The van der Waals surface area contributed by atoms with E-state index in [1.165, 1.54) is 23.5 Å². The van der Waals surface area contributed by atoms with E-state index in [2.05, 4.69) is 4.98 Å². The maximum absolute atomic E-state index is 13.3. The summed E-state index contributed by atoms with van der Waals surface area (Å²) in [5.74, 6) is -0.628. The molecule has 0 spiro atoms. The van der Waals surface area contributed by atoms with Crippen molar-refractivity contribution < 1.29 is 27.5 Å². The highest BCUT2D eigenvalue weighted by atomic mass is 32.2. The molecule has 30 heavy (non-hydrogen) atoms. The Kier molecular flexibility index (Phi) is 5.46. The first-order valence-corrected chi connectivity index (χ1v) is 10.7. The Morgan fingerprint density at radius 1 is 1.23 bits per heavy atom. The van der Waals surface area contributed by atoms with Gasteiger partial charge >= 0.3 is 6.18 Å². The van der Waals surface area contributed by atoms with E-state index >= 15 is 0 Å². The van der Waals surface area contributed by atoms with Crippen molar-refractivity contribution in [1.82, 2.24) is 4.98 Å². The normalized spacial score (nSPS) is 17.2. The number of carbonyl (C=O) groups is 2. The van der Waals surface area contributed by atoms with Gasteiger partial charge in [-0.3, -0.25) is 9.59 Å². The maximum atomic E-state index is 13.3. The Balaban J connectivity index is 1.59. The molecular formula is C20H15F3N2O3S2. The van der Waals surface area contributed by atoms with Gasteiger partial charge in [0.2, 0.25) is 11.8 Å². The van der Waals surface area contributed by atoms with Crippen molar-refractivity contribution in [1.29, 1.82) is 0 Å². The molecule has 1 saturated heterocycles. The molecule has 1 aliphatic rings. The number of rotatable bonds is 5. The number of hydrogen-bond donors (Lipinski definition) is 0. The summed E-state index contributed by atoms with van der Waals surface area (Å²) in [6, 6.07) is 10.0. The number of benzene rings is 2. The second kappa shape index (κ2) is 7.92. The number of thiazole rings is 1. The third kappa shape index (κ3) is 3.89. The lowest BCUT2D eigenvalue weighted by Crippen LogP contribution is -2.33. The van der Waals surface area contributed by atoms with E-state index in [1.54, 1.807) is 12.1 Å². The summed E-state index contributed by atoms with van der Waals surface area (Å²) in [6.07, 6.45) is -4.86. The Morgan fingerprint density at radius 2 is 2.00 bits per heavy atom. The van der Waals surface area contributed by atoms with Gasteiger partial charge in [0, 0.05) is 6.42 Å². The summed E-state index contributed by atoms with van der Waals surface area (Å²) >= 11 is 2.43. The highest BCUT2D eigenvalue weighted by Gasteiger charge is 2.44. The van der Waals surface area contributed by atoms with Gasteiger partial charge in [0.25, 0.3) is 0 Å². The first kappa shape index (κ1) is 20.7. The molecule has 10 heteroatoms. The number of thioether (sulfide) groups is 1. The van der Waals surface area contributed by atoms with E-state index in [9.17, 15) is 22.8 Å². The number of carbonyl (C=O) groups excluding carboxylic acids is 2. The van der Waals surface area contributed by atoms with Crippen molar-refractivity contribution in [2.75, 3.05) is 11.5 Å². The quantitative estimate of drug-likeness (QED) is 0.502. The van der Waals surface area contributed by atoms with Gasteiger partial charge in [-0.05, 0) is 37.3 Å². The first-order chi connectivity index (χ1) is 14.3. The number of anilines is 1. The van der Waals surface area contributed by atoms with Crippen molar-refractivity contribution >= 4 is 50.8 Å². The number of imide groups is 1. The topological polar surface area (TPSA) is 59.5 Å². The molecule has 156 valence electrons. The first-order valence-electron chi connectivity index (χ1n) is 9.01. The number of hydrogen-bond acceptors (Lipinski definition) is 6. The van der Waals surface area contributed by atoms with Crippen LogP contribution in [0.2, 0.25) is 0 Å². The van der Waals surface area contributed by atoms with Gasteiger partial charge in [-0.25, -0.2) is 9.88 Å². The Labute approximate surface area is 177 Å². The standard InChI is InChI=1S/C20H15F3N2O3S2/c1-2-28-11-7-8-13-15(9-11)29-19(24-13)30-16-10-17(26)25(18(16)27)14-6-4-3-5-12(14)20(21,22)23/h3-9,16H,2,10H2,1H3/t16-/m1/s1. The number of aromatic nitrogens is 1. The largest absolute Gasteiger partial charge is 0.494 e. The number of alkyl halides is 3. The van der Waals surface area contributed by atoms with Crippen LogP contribution in [-0.2, 0) is 15.8 Å². The number of ether oxygens (including phenoxy) is 1. The van der Waals surface area contributed by atoms with Gasteiger partial charge in [0.05, 0.1) is 28.1 Å². The van der Waals surface area contributed by atoms with Gasteiger partial charge in [-0.15, -0.1) is 11.3 Å². The predicted octanol–water partition coefficient (Wildman–Crippen LogP) is 5.14. The Hall–Kier alpha value is -2.59. The van der Waals surface area contributed by atoms with Crippen molar-refractivity contribution in [3.05, 3.63) is 48.0 Å². The molecule has 4 rings (SSSR count). The van der Waals surface area contributed by atoms with Crippen LogP contribution in [0.1, 0.15) is 18.9 Å². The average molecular weight is 452 g/mol. The van der Waals surface area contributed by atoms with E-state index in [0.29, 0.717) is 21.6 Å². The van der Waals surface area contributed by atoms with Gasteiger partial charge in [-0.1, -0.05) is 23.9 Å². The summed E-state index contributed by atoms with van der Waals surface area (Å²) in [7, 11) is 0. The van der Waals surface area contributed by atoms with E-state index in [4.69, 9.17) is 4.74 Å². The molecule has 1 fully saturated rings. The summed E-state index contributed by atoms with van der Waals surface area (Å²) in [4.78, 5) is 30.4. The van der Waals surface area contributed by atoms with Crippen LogP contribution in [0, 0.1) is 0 Å². The fourth-order valence-corrected chi connectivity index (χ4v) is 5.53. The zero-order valence-corrected chi connectivity index (χ0v) is 17.2. The van der Waals surface area contributed by atoms with Crippen LogP contribution in [0.3, 0.4) is 0 Å². The van der Waals surface area contributed by atoms with E-state index < -0.39 is 34.5 Å². The van der Waals surface area contributed by atoms with Crippen LogP contribution >= 0.6 is 23.1 Å². The smallest absolute Gasteiger partial charge is 0.418 e. The lowest BCUT2D eigenvalue weighted by atomic mass is 10.1. The number of nitrogens with zero attached hydrogens (tertiary/aromatic N) is 2. The van der Waals surface area contributed by atoms with Crippen molar-refractivity contribution in [3.8, 4) is 5.75 Å². The minimum atomic E-state index is -4.67. The summed E-state index contributed by atoms with van der Waals surface area (Å²) in [5.41, 5.74) is -0.725. The second-order valence-corrected chi connectivity index (χ2v) is 8.92. The number of fused-ring (bicyclic) bond motifs is 1. The molecule has 5 nitrogen and oxygen atoms in total. The molecule has 1 aromatic heterocycles. The van der Waals surface area contributed by atoms with Crippen LogP contribution in [0.5, 0.6) is 5.75 Å². The molecule has 1 aliphatic heterocycles. The molecule has 0 unspecified atom stereocenters. The molecule has 0 radical (unpaired) electrons. The monoisotopic (exact) mass is 452 g/mol. The predicted molar refractivity (Wildman–Crippen MR) is 109 cm³/mol. The van der Waals surface area contributed by atoms with E-state index in [1.807, 2.05) is 13.0 Å². The highest BCUT2D eigenvalue weighted by molar-refractivity contribution is 8.02. The number of halogens is 3. The zero-order valence-electron chi connectivity index (χ0n) is 15.6. The van der Waals surface area contributed by atoms with Gasteiger partial charge in [0.15, 0.2) is 4.34 Å². The second-order valence-electron chi connectivity index (χ2n) is 6.44. The van der Waals surface area contributed by atoms with Gasteiger partial charge < -0.3 is 4.74 Å². The molecular weight excluding hydrogens is 437 g/mol. The summed E-state index contributed by atoms with van der Waals surface area (Å²) in [6.45, 7) is 2.41. The van der Waals surface area contributed by atoms with Crippen LogP contribution in [0.4, 0.5) is 18.9 Å². The van der Waals surface area contributed by atoms with Gasteiger partial charge in [0.1, 0.15) is 11.0 Å². The lowest BCUT2D eigenvalue weighted by molar-refractivity contribution is -0.137. The molecule has 2 amide bonds. The molecule has 0 bridgehead atoms. The summed E-state index contributed by atoms with van der Waals surface area (Å²) in [5, 5.41) is -0.828. The van der Waals surface area contributed by atoms with Crippen LogP contribution in [0.25, 0.3) is 10.2 Å². The molecule has 2 aromatic carbocycles. The van der Waals surface area contributed by atoms with Crippen molar-refractivity contribution in [2.24, 2.45) is 0 Å². The highest BCUT2D eigenvalue weighted by Crippen LogP contribution is 2.42. The van der Waals surface area contributed by atoms with Gasteiger partial charge in [-0.2, -0.15) is 13.2 Å². The Bertz CT molecular complexity index is 1130. The molecule has 2 heterocycles. The molecule has 0 N–H and O–H groups in total. The van der Waals surface area contributed by atoms with E-state index in [-0.39, 0.29) is 6.42 Å². The zero-order chi connectivity index (χ0) is 21.5. The average Bonchev–Trinajstić information content (AvgIpc) is 3.21. The molecule has 0 saturated carbocycles. The minimum absolute atomic E-state index is 0.185. The minimum Gasteiger partial charge on any atom is -0.494 e. The maximum Gasteiger partial charge on any atom is 0.418 e. The number of amides is 2. The third-order valence-corrected chi connectivity index (χ3v) is 6.75. The molecule has 0 aliphatic carbocycles.